The van der Waals surface area contributed by atoms with Gasteiger partial charge in [-0.2, -0.15) is 5.10 Å². The molecule has 0 aliphatic carbocycles. The van der Waals surface area contributed by atoms with E-state index in [9.17, 15) is 0 Å². The standard InChI is InChI=1S/C18H21N3OS/c1-12(2)11-19-18(23)21-20-13(3)14-5-6-16-10-17(22-4)8-7-15(16)9-14/h5-10H,1,11H2,2-4H3,(H2,19,21,23). The Bertz CT molecular complexity index is 768. The normalized spacial score (nSPS) is 11.2. The van der Waals surface area contributed by atoms with Gasteiger partial charge in [-0.05, 0) is 60.6 Å². The fraction of sp³-hybridized carbons (Fsp3) is 0.222. The van der Waals surface area contributed by atoms with E-state index in [1.807, 2.05) is 38.1 Å². The van der Waals surface area contributed by atoms with Crippen molar-refractivity contribution in [3.05, 3.63) is 54.1 Å². The predicted octanol–water partition coefficient (Wildman–Crippen LogP) is 3.61. The first-order valence-corrected chi connectivity index (χ1v) is 7.71. The monoisotopic (exact) mass is 327 g/mol. The minimum absolute atomic E-state index is 0.484. The van der Waals surface area contributed by atoms with Crippen molar-refractivity contribution >= 4 is 33.8 Å². The predicted molar refractivity (Wildman–Crippen MR) is 101 cm³/mol. The fourth-order valence-corrected chi connectivity index (χ4v) is 2.16. The molecule has 0 fully saturated rings. The number of ether oxygens (including phenoxy) is 1. The first-order valence-electron chi connectivity index (χ1n) is 7.30. The number of rotatable bonds is 5. The number of nitrogens with zero attached hydrogens (tertiary/aromatic N) is 1. The zero-order valence-corrected chi connectivity index (χ0v) is 14.5. The quantitative estimate of drug-likeness (QED) is 0.381. The van der Waals surface area contributed by atoms with Crippen molar-refractivity contribution in [3.63, 3.8) is 0 Å². The highest BCUT2D eigenvalue weighted by molar-refractivity contribution is 7.80. The molecule has 2 rings (SSSR count). The molecule has 0 amide bonds. The first-order chi connectivity index (χ1) is 11.0. The summed E-state index contributed by atoms with van der Waals surface area (Å²) in [6, 6.07) is 12.2. The lowest BCUT2D eigenvalue weighted by molar-refractivity contribution is 0.415. The van der Waals surface area contributed by atoms with Crippen molar-refractivity contribution < 1.29 is 4.74 Å². The summed E-state index contributed by atoms with van der Waals surface area (Å²) in [6.45, 7) is 8.34. The van der Waals surface area contributed by atoms with Crippen LogP contribution in [0.15, 0.2) is 53.7 Å². The second-order valence-electron chi connectivity index (χ2n) is 5.38. The number of methoxy groups -OCH3 is 1. The largest absolute Gasteiger partial charge is 0.497 e. The molecular formula is C18H21N3OS. The molecule has 0 spiro atoms. The van der Waals surface area contributed by atoms with E-state index >= 15 is 0 Å². The molecule has 120 valence electrons. The van der Waals surface area contributed by atoms with Gasteiger partial charge < -0.3 is 10.1 Å². The van der Waals surface area contributed by atoms with Crippen LogP contribution < -0.4 is 15.5 Å². The Morgan fingerprint density at radius 2 is 1.87 bits per heavy atom. The van der Waals surface area contributed by atoms with Gasteiger partial charge in [-0.15, -0.1) is 0 Å². The van der Waals surface area contributed by atoms with E-state index in [0.717, 1.165) is 33.4 Å². The van der Waals surface area contributed by atoms with Gasteiger partial charge in [0.25, 0.3) is 0 Å². The SMILES string of the molecule is C=C(C)CNC(=S)NN=C(C)c1ccc2cc(OC)ccc2c1. The highest BCUT2D eigenvalue weighted by Gasteiger charge is 2.02. The van der Waals surface area contributed by atoms with Gasteiger partial charge in [0.05, 0.1) is 12.8 Å². The van der Waals surface area contributed by atoms with Crippen molar-refractivity contribution in [2.24, 2.45) is 5.10 Å². The highest BCUT2D eigenvalue weighted by atomic mass is 32.1. The minimum Gasteiger partial charge on any atom is -0.497 e. The zero-order chi connectivity index (χ0) is 16.8. The molecule has 0 atom stereocenters. The number of hydrogen-bond donors (Lipinski definition) is 2. The second kappa shape index (κ2) is 7.74. The summed E-state index contributed by atoms with van der Waals surface area (Å²) in [5.41, 5.74) is 5.77. The van der Waals surface area contributed by atoms with Crippen LogP contribution >= 0.6 is 12.2 Å². The Morgan fingerprint density at radius 1 is 1.17 bits per heavy atom. The van der Waals surface area contributed by atoms with E-state index in [4.69, 9.17) is 17.0 Å². The van der Waals surface area contributed by atoms with Gasteiger partial charge in [-0.3, -0.25) is 5.43 Å². The average Bonchev–Trinajstić information content (AvgIpc) is 2.56. The van der Waals surface area contributed by atoms with Crippen LogP contribution in [0.1, 0.15) is 19.4 Å². The molecule has 0 heterocycles. The molecule has 2 aromatic carbocycles. The van der Waals surface area contributed by atoms with Crippen molar-refractivity contribution in [2.75, 3.05) is 13.7 Å². The first kappa shape index (κ1) is 17.0. The maximum Gasteiger partial charge on any atom is 0.187 e. The number of fused-ring (bicyclic) bond motifs is 1. The Balaban J connectivity index is 2.11. The summed E-state index contributed by atoms with van der Waals surface area (Å²) < 4.78 is 5.24. The Labute approximate surface area is 142 Å². The summed E-state index contributed by atoms with van der Waals surface area (Å²) in [5, 5.41) is 10.1. The molecule has 2 N–H and O–H groups in total. The van der Waals surface area contributed by atoms with Crippen LogP contribution in [0, 0.1) is 0 Å². The molecule has 0 saturated carbocycles. The van der Waals surface area contributed by atoms with E-state index in [2.05, 4.69) is 34.6 Å². The van der Waals surface area contributed by atoms with Gasteiger partial charge in [0, 0.05) is 6.54 Å². The van der Waals surface area contributed by atoms with Crippen LogP contribution in [0.3, 0.4) is 0 Å². The molecule has 23 heavy (non-hydrogen) atoms. The van der Waals surface area contributed by atoms with Gasteiger partial charge >= 0.3 is 0 Å². The Morgan fingerprint density at radius 3 is 2.57 bits per heavy atom. The van der Waals surface area contributed by atoms with Crippen LogP contribution in [0.25, 0.3) is 10.8 Å². The molecule has 0 bridgehead atoms. The van der Waals surface area contributed by atoms with Gasteiger partial charge in [-0.25, -0.2) is 0 Å². The molecule has 0 aliphatic rings. The van der Waals surface area contributed by atoms with E-state index in [-0.39, 0.29) is 0 Å². The van der Waals surface area contributed by atoms with Crippen LogP contribution in [-0.2, 0) is 0 Å². The van der Waals surface area contributed by atoms with E-state index in [1.54, 1.807) is 7.11 Å². The number of nitrogens with one attached hydrogen (secondary N) is 2. The van der Waals surface area contributed by atoms with Crippen LogP contribution in [0.5, 0.6) is 5.75 Å². The van der Waals surface area contributed by atoms with Crippen LogP contribution in [-0.4, -0.2) is 24.5 Å². The molecular weight excluding hydrogens is 306 g/mol. The van der Waals surface area contributed by atoms with Crippen molar-refractivity contribution in [3.8, 4) is 5.75 Å². The summed E-state index contributed by atoms with van der Waals surface area (Å²) in [6.07, 6.45) is 0. The lowest BCUT2D eigenvalue weighted by Gasteiger charge is -2.08. The third kappa shape index (κ3) is 4.79. The third-order valence-corrected chi connectivity index (χ3v) is 3.58. The molecule has 0 unspecified atom stereocenters. The number of benzene rings is 2. The van der Waals surface area contributed by atoms with Crippen molar-refractivity contribution in [1.82, 2.24) is 10.7 Å². The van der Waals surface area contributed by atoms with Gasteiger partial charge in [0.1, 0.15) is 5.75 Å². The number of thiocarbonyl (C=S) groups is 1. The third-order valence-electron chi connectivity index (χ3n) is 3.34. The summed E-state index contributed by atoms with van der Waals surface area (Å²) >= 11 is 5.16. The molecule has 5 heteroatoms. The van der Waals surface area contributed by atoms with Gasteiger partial charge in [0.2, 0.25) is 0 Å². The maximum atomic E-state index is 5.24. The van der Waals surface area contributed by atoms with Crippen LogP contribution in [0.2, 0.25) is 0 Å². The maximum absolute atomic E-state index is 5.24. The highest BCUT2D eigenvalue weighted by Crippen LogP contribution is 2.22. The topological polar surface area (TPSA) is 45.7 Å². The summed E-state index contributed by atoms with van der Waals surface area (Å²) in [4.78, 5) is 0. The molecule has 0 radical (unpaired) electrons. The van der Waals surface area contributed by atoms with E-state index in [0.29, 0.717) is 11.7 Å². The van der Waals surface area contributed by atoms with Gasteiger partial charge in [0.15, 0.2) is 5.11 Å². The lowest BCUT2D eigenvalue weighted by Crippen LogP contribution is -2.33. The number of hydrazone groups is 1. The lowest BCUT2D eigenvalue weighted by atomic mass is 10.0. The van der Waals surface area contributed by atoms with E-state index in [1.165, 1.54) is 0 Å². The molecule has 0 aliphatic heterocycles. The Kier molecular flexibility index (Phi) is 5.71. The van der Waals surface area contributed by atoms with Crippen molar-refractivity contribution in [1.29, 1.82) is 0 Å². The average molecular weight is 327 g/mol. The zero-order valence-electron chi connectivity index (χ0n) is 13.6. The molecule has 0 aromatic heterocycles. The smallest absolute Gasteiger partial charge is 0.187 e. The fourth-order valence-electron chi connectivity index (χ4n) is 2.05. The summed E-state index contributed by atoms with van der Waals surface area (Å²) in [5.74, 6) is 0.853. The van der Waals surface area contributed by atoms with Crippen molar-refractivity contribution in [2.45, 2.75) is 13.8 Å². The molecule has 0 saturated heterocycles. The van der Waals surface area contributed by atoms with Gasteiger partial charge in [-0.1, -0.05) is 30.4 Å². The van der Waals surface area contributed by atoms with E-state index < -0.39 is 0 Å². The minimum atomic E-state index is 0.484. The number of hydrogen-bond acceptors (Lipinski definition) is 3. The Hall–Kier alpha value is -2.40. The molecule has 4 nitrogen and oxygen atoms in total. The second-order valence-corrected chi connectivity index (χ2v) is 5.78. The van der Waals surface area contributed by atoms with Crippen LogP contribution in [0.4, 0.5) is 0 Å². The summed E-state index contributed by atoms with van der Waals surface area (Å²) in [7, 11) is 1.67. The molecule has 2 aromatic rings.